The average molecular weight is 275 g/mol. The smallest absolute Gasteiger partial charge is 0.226 e. The van der Waals surface area contributed by atoms with E-state index in [-0.39, 0.29) is 30.0 Å². The number of halogens is 2. The SMILES string of the molecule is CNCC(C)C(=O)N(C)Cc1cccc(F)c1.Cl. The van der Waals surface area contributed by atoms with Gasteiger partial charge in [-0.3, -0.25) is 4.79 Å². The van der Waals surface area contributed by atoms with Gasteiger partial charge >= 0.3 is 0 Å². The topological polar surface area (TPSA) is 32.3 Å². The molecule has 0 saturated heterocycles. The van der Waals surface area contributed by atoms with Crippen LogP contribution in [0, 0.1) is 11.7 Å². The highest BCUT2D eigenvalue weighted by Gasteiger charge is 2.16. The van der Waals surface area contributed by atoms with Crippen LogP contribution in [0.15, 0.2) is 24.3 Å². The molecule has 1 aromatic carbocycles. The lowest BCUT2D eigenvalue weighted by Crippen LogP contribution is -2.35. The first-order chi connectivity index (χ1) is 8.04. The maximum absolute atomic E-state index is 13.0. The zero-order chi connectivity index (χ0) is 12.8. The van der Waals surface area contributed by atoms with E-state index in [0.29, 0.717) is 13.1 Å². The Morgan fingerprint density at radius 1 is 1.50 bits per heavy atom. The minimum Gasteiger partial charge on any atom is -0.341 e. The van der Waals surface area contributed by atoms with Crippen LogP contribution < -0.4 is 5.32 Å². The van der Waals surface area contributed by atoms with Crippen molar-refractivity contribution in [1.29, 1.82) is 0 Å². The number of benzene rings is 1. The molecule has 18 heavy (non-hydrogen) atoms. The number of hydrogen-bond acceptors (Lipinski definition) is 2. The molecule has 0 aromatic heterocycles. The van der Waals surface area contributed by atoms with E-state index in [1.807, 2.05) is 20.0 Å². The molecule has 0 aliphatic heterocycles. The fourth-order valence-corrected chi connectivity index (χ4v) is 1.76. The largest absolute Gasteiger partial charge is 0.341 e. The van der Waals surface area contributed by atoms with Crippen molar-refractivity contribution in [3.63, 3.8) is 0 Å². The summed E-state index contributed by atoms with van der Waals surface area (Å²) < 4.78 is 13.0. The van der Waals surface area contributed by atoms with Crippen molar-refractivity contribution in [2.45, 2.75) is 13.5 Å². The van der Waals surface area contributed by atoms with Crippen LogP contribution in [-0.2, 0) is 11.3 Å². The van der Waals surface area contributed by atoms with Gasteiger partial charge in [-0.1, -0.05) is 19.1 Å². The highest BCUT2D eigenvalue weighted by Crippen LogP contribution is 2.08. The maximum atomic E-state index is 13.0. The van der Waals surface area contributed by atoms with Gasteiger partial charge in [-0.2, -0.15) is 0 Å². The lowest BCUT2D eigenvalue weighted by atomic mass is 10.1. The fraction of sp³-hybridized carbons (Fsp3) is 0.462. The Hall–Kier alpha value is -1.13. The molecule has 0 fully saturated rings. The Bertz CT molecular complexity index is 387. The number of hydrogen-bond donors (Lipinski definition) is 1. The average Bonchev–Trinajstić information content (AvgIpc) is 2.28. The van der Waals surface area contributed by atoms with E-state index in [9.17, 15) is 9.18 Å². The second-order valence-corrected chi connectivity index (χ2v) is 4.28. The molecule has 0 heterocycles. The van der Waals surface area contributed by atoms with Crippen LogP contribution in [0.1, 0.15) is 12.5 Å². The Balaban J connectivity index is 0.00000289. The minimum absolute atomic E-state index is 0. The number of carbonyl (C=O) groups excluding carboxylic acids is 1. The van der Waals surface area contributed by atoms with E-state index in [1.165, 1.54) is 12.1 Å². The van der Waals surface area contributed by atoms with Gasteiger partial charge in [-0.25, -0.2) is 4.39 Å². The molecule has 0 bridgehead atoms. The number of amides is 1. The van der Waals surface area contributed by atoms with Crippen molar-refractivity contribution < 1.29 is 9.18 Å². The molecule has 1 aromatic rings. The Morgan fingerprint density at radius 3 is 2.72 bits per heavy atom. The summed E-state index contributed by atoms with van der Waals surface area (Å²) in [5.74, 6) is -0.284. The molecule has 3 nitrogen and oxygen atoms in total. The van der Waals surface area contributed by atoms with Gasteiger partial charge in [0.25, 0.3) is 0 Å². The van der Waals surface area contributed by atoms with E-state index in [2.05, 4.69) is 5.32 Å². The van der Waals surface area contributed by atoms with Gasteiger partial charge in [-0.15, -0.1) is 12.4 Å². The van der Waals surface area contributed by atoms with Gasteiger partial charge in [0.15, 0.2) is 0 Å². The van der Waals surface area contributed by atoms with Gasteiger partial charge in [0.05, 0.1) is 0 Å². The van der Waals surface area contributed by atoms with Gasteiger partial charge in [-0.05, 0) is 24.7 Å². The molecule has 0 saturated carbocycles. The van der Waals surface area contributed by atoms with Gasteiger partial charge in [0, 0.05) is 26.1 Å². The standard InChI is InChI=1S/C13H19FN2O.ClH/c1-10(8-15-2)13(17)16(3)9-11-5-4-6-12(14)7-11;/h4-7,10,15H,8-9H2,1-3H3;1H. The van der Waals surface area contributed by atoms with Gasteiger partial charge in [0.2, 0.25) is 5.91 Å². The van der Waals surface area contributed by atoms with Gasteiger partial charge < -0.3 is 10.2 Å². The Kier molecular flexibility index (Phi) is 7.55. The first kappa shape index (κ1) is 16.9. The lowest BCUT2D eigenvalue weighted by Gasteiger charge is -2.21. The molecule has 0 radical (unpaired) electrons. The second-order valence-electron chi connectivity index (χ2n) is 4.28. The normalized spacial score (nSPS) is 11.6. The molecule has 0 spiro atoms. The van der Waals surface area contributed by atoms with Crippen LogP contribution in [0.5, 0.6) is 0 Å². The van der Waals surface area contributed by atoms with Crippen LogP contribution in [-0.4, -0.2) is 31.4 Å². The molecule has 1 rings (SSSR count). The van der Waals surface area contributed by atoms with E-state index in [1.54, 1.807) is 18.0 Å². The molecular weight excluding hydrogens is 255 g/mol. The quantitative estimate of drug-likeness (QED) is 0.891. The van der Waals surface area contributed by atoms with Crippen molar-refractivity contribution in [2.75, 3.05) is 20.6 Å². The third-order valence-electron chi connectivity index (χ3n) is 2.62. The summed E-state index contributed by atoms with van der Waals surface area (Å²) in [5.41, 5.74) is 0.803. The molecule has 102 valence electrons. The van der Waals surface area contributed by atoms with Gasteiger partial charge in [0.1, 0.15) is 5.82 Å². The van der Waals surface area contributed by atoms with Crippen molar-refractivity contribution in [2.24, 2.45) is 5.92 Å². The van der Waals surface area contributed by atoms with E-state index < -0.39 is 0 Å². The second kappa shape index (κ2) is 8.06. The van der Waals surface area contributed by atoms with E-state index in [4.69, 9.17) is 0 Å². The molecule has 1 atom stereocenters. The van der Waals surface area contributed by atoms with Crippen LogP contribution in [0.2, 0.25) is 0 Å². The lowest BCUT2D eigenvalue weighted by molar-refractivity contribution is -0.134. The zero-order valence-electron chi connectivity index (χ0n) is 10.9. The van der Waals surface area contributed by atoms with E-state index >= 15 is 0 Å². The molecular formula is C13H20ClFN2O. The Labute approximate surface area is 114 Å². The van der Waals surface area contributed by atoms with Crippen LogP contribution in [0.4, 0.5) is 4.39 Å². The highest BCUT2D eigenvalue weighted by atomic mass is 35.5. The molecule has 5 heteroatoms. The summed E-state index contributed by atoms with van der Waals surface area (Å²) in [5, 5.41) is 2.97. The summed E-state index contributed by atoms with van der Waals surface area (Å²) in [6, 6.07) is 6.32. The maximum Gasteiger partial charge on any atom is 0.226 e. The minimum atomic E-state index is -0.272. The summed E-state index contributed by atoms with van der Waals surface area (Å²) in [7, 11) is 3.55. The molecule has 1 amide bonds. The predicted molar refractivity (Wildman–Crippen MR) is 73.2 cm³/mol. The van der Waals surface area contributed by atoms with Crippen molar-refractivity contribution in [3.05, 3.63) is 35.6 Å². The number of carbonyl (C=O) groups is 1. The molecule has 0 aliphatic rings. The molecule has 1 N–H and O–H groups in total. The molecule has 0 aliphatic carbocycles. The van der Waals surface area contributed by atoms with Crippen molar-refractivity contribution in [1.82, 2.24) is 10.2 Å². The Morgan fingerprint density at radius 2 is 2.17 bits per heavy atom. The van der Waals surface area contributed by atoms with Crippen LogP contribution in [0.3, 0.4) is 0 Å². The summed E-state index contributed by atoms with van der Waals surface area (Å²) in [6.45, 7) is 2.96. The predicted octanol–water partition coefficient (Wildman–Crippen LogP) is 2.06. The number of nitrogens with one attached hydrogen (secondary N) is 1. The van der Waals surface area contributed by atoms with Crippen LogP contribution in [0.25, 0.3) is 0 Å². The first-order valence-electron chi connectivity index (χ1n) is 5.68. The monoisotopic (exact) mass is 274 g/mol. The summed E-state index contributed by atoms with van der Waals surface area (Å²) in [4.78, 5) is 13.5. The van der Waals surface area contributed by atoms with E-state index in [0.717, 1.165) is 5.56 Å². The first-order valence-corrected chi connectivity index (χ1v) is 5.68. The number of rotatable bonds is 5. The third-order valence-corrected chi connectivity index (χ3v) is 2.62. The molecule has 1 unspecified atom stereocenters. The zero-order valence-corrected chi connectivity index (χ0v) is 11.8. The van der Waals surface area contributed by atoms with Crippen molar-refractivity contribution >= 4 is 18.3 Å². The third kappa shape index (κ3) is 5.02. The van der Waals surface area contributed by atoms with Crippen molar-refractivity contribution in [3.8, 4) is 0 Å². The highest BCUT2D eigenvalue weighted by molar-refractivity contribution is 5.85. The van der Waals surface area contributed by atoms with Crippen LogP contribution >= 0.6 is 12.4 Å². The summed E-state index contributed by atoms with van der Waals surface area (Å²) >= 11 is 0. The fourth-order valence-electron chi connectivity index (χ4n) is 1.76. The number of nitrogens with zero attached hydrogens (tertiary/aromatic N) is 1. The summed E-state index contributed by atoms with van der Waals surface area (Å²) in [6.07, 6.45) is 0.